The Kier molecular flexibility index (Phi) is 5.98. The summed E-state index contributed by atoms with van der Waals surface area (Å²) in [7, 11) is 0. The smallest absolute Gasteiger partial charge is 0.223 e. The Morgan fingerprint density at radius 1 is 1.13 bits per heavy atom. The second-order valence-electron chi connectivity index (χ2n) is 5.62. The molecule has 0 aliphatic heterocycles. The number of carbonyl (C=O) groups is 1. The topological polar surface area (TPSA) is 40.5 Å². The van der Waals surface area contributed by atoms with Gasteiger partial charge in [-0.1, -0.05) is 48.5 Å². The fraction of sp³-hybridized carbons (Fsp3) is 0.250. The van der Waals surface area contributed by atoms with Gasteiger partial charge in [-0.3, -0.25) is 4.79 Å². The Hall–Kier alpha value is -2.55. The van der Waals surface area contributed by atoms with E-state index in [0.717, 1.165) is 11.1 Å². The predicted molar refractivity (Wildman–Crippen MR) is 93.2 cm³/mol. The summed E-state index contributed by atoms with van der Waals surface area (Å²) in [6, 6.07) is 15.2. The van der Waals surface area contributed by atoms with Crippen LogP contribution in [0.1, 0.15) is 23.1 Å². The van der Waals surface area contributed by atoms with Gasteiger partial charge in [-0.15, -0.1) is 6.58 Å². The van der Waals surface area contributed by atoms with Crippen LogP contribution in [0.25, 0.3) is 0 Å². The van der Waals surface area contributed by atoms with E-state index in [2.05, 4.69) is 6.58 Å². The van der Waals surface area contributed by atoms with Gasteiger partial charge in [-0.2, -0.15) is 0 Å². The molecular weight excluding hydrogens is 286 g/mol. The highest BCUT2D eigenvalue weighted by molar-refractivity contribution is 5.76. The van der Waals surface area contributed by atoms with Crippen LogP contribution in [-0.2, 0) is 17.8 Å². The quantitative estimate of drug-likeness (QED) is 0.789. The van der Waals surface area contributed by atoms with Crippen molar-refractivity contribution in [3.05, 3.63) is 77.9 Å². The Morgan fingerprint density at radius 2 is 1.78 bits per heavy atom. The molecule has 0 aliphatic rings. The summed E-state index contributed by atoms with van der Waals surface area (Å²) in [6.45, 7) is 6.90. The molecule has 0 unspecified atom stereocenters. The number of phenols is 1. The van der Waals surface area contributed by atoms with Crippen LogP contribution in [0.3, 0.4) is 0 Å². The predicted octanol–water partition coefficient (Wildman–Crippen LogP) is 3.85. The number of hydrogen-bond donors (Lipinski definition) is 1. The lowest BCUT2D eigenvalue weighted by molar-refractivity contribution is -0.131. The van der Waals surface area contributed by atoms with Gasteiger partial charge in [0.1, 0.15) is 5.75 Å². The number of para-hydroxylation sites is 1. The number of aryl methyl sites for hydroxylation is 2. The van der Waals surface area contributed by atoms with E-state index in [1.165, 1.54) is 5.56 Å². The fourth-order valence-corrected chi connectivity index (χ4v) is 2.53. The zero-order valence-corrected chi connectivity index (χ0v) is 13.5. The molecule has 0 fully saturated rings. The van der Waals surface area contributed by atoms with Gasteiger partial charge in [-0.05, 0) is 36.1 Å². The highest BCUT2D eigenvalue weighted by atomic mass is 16.3. The van der Waals surface area contributed by atoms with Crippen LogP contribution in [-0.4, -0.2) is 22.5 Å². The van der Waals surface area contributed by atoms with Crippen LogP contribution >= 0.6 is 0 Å². The maximum atomic E-state index is 12.5. The molecule has 1 N–H and O–H groups in total. The molecule has 0 saturated carbocycles. The molecule has 0 bridgehead atoms. The lowest BCUT2D eigenvalue weighted by atomic mass is 10.1. The van der Waals surface area contributed by atoms with E-state index in [0.29, 0.717) is 25.9 Å². The van der Waals surface area contributed by atoms with Crippen molar-refractivity contribution in [2.45, 2.75) is 26.3 Å². The van der Waals surface area contributed by atoms with Crippen molar-refractivity contribution in [2.24, 2.45) is 0 Å². The van der Waals surface area contributed by atoms with Crippen molar-refractivity contribution in [1.82, 2.24) is 4.90 Å². The van der Waals surface area contributed by atoms with E-state index in [1.54, 1.807) is 23.1 Å². The fourth-order valence-electron chi connectivity index (χ4n) is 2.53. The minimum atomic E-state index is 0.0661. The van der Waals surface area contributed by atoms with E-state index in [-0.39, 0.29) is 11.7 Å². The highest BCUT2D eigenvalue weighted by Crippen LogP contribution is 2.18. The zero-order chi connectivity index (χ0) is 16.7. The Morgan fingerprint density at radius 3 is 2.43 bits per heavy atom. The number of phenolic OH excluding ortho intramolecular Hbond substituents is 1. The highest BCUT2D eigenvalue weighted by Gasteiger charge is 2.14. The summed E-state index contributed by atoms with van der Waals surface area (Å²) in [5.41, 5.74) is 3.12. The molecule has 2 aromatic rings. The Balaban J connectivity index is 2.02. The minimum Gasteiger partial charge on any atom is -0.508 e. The standard InChI is InChI=1S/C20H23NO2/c1-3-14-21(15-18-10-5-4-8-16(18)2)20(23)13-12-17-9-6-7-11-19(17)22/h3-11,22H,1,12-15H2,2H3. The summed E-state index contributed by atoms with van der Waals surface area (Å²) in [5.74, 6) is 0.311. The van der Waals surface area contributed by atoms with Crippen LogP contribution in [0.4, 0.5) is 0 Å². The summed E-state index contributed by atoms with van der Waals surface area (Å²) < 4.78 is 0. The van der Waals surface area contributed by atoms with Gasteiger partial charge < -0.3 is 10.0 Å². The average molecular weight is 309 g/mol. The molecule has 3 heteroatoms. The second-order valence-corrected chi connectivity index (χ2v) is 5.62. The summed E-state index contributed by atoms with van der Waals surface area (Å²) in [5, 5.41) is 9.80. The first-order valence-corrected chi connectivity index (χ1v) is 7.82. The summed E-state index contributed by atoms with van der Waals surface area (Å²) >= 11 is 0. The van der Waals surface area contributed by atoms with E-state index in [1.807, 2.05) is 43.3 Å². The number of nitrogens with zero attached hydrogens (tertiary/aromatic N) is 1. The first-order valence-electron chi connectivity index (χ1n) is 7.82. The lowest BCUT2D eigenvalue weighted by Gasteiger charge is -2.22. The largest absolute Gasteiger partial charge is 0.508 e. The number of aromatic hydroxyl groups is 1. The van der Waals surface area contributed by atoms with Crippen molar-refractivity contribution >= 4 is 5.91 Å². The van der Waals surface area contributed by atoms with E-state index in [4.69, 9.17) is 0 Å². The molecule has 0 radical (unpaired) electrons. The maximum Gasteiger partial charge on any atom is 0.223 e. The normalized spacial score (nSPS) is 10.3. The number of benzene rings is 2. The third-order valence-corrected chi connectivity index (χ3v) is 3.92. The van der Waals surface area contributed by atoms with Gasteiger partial charge in [0, 0.05) is 19.5 Å². The summed E-state index contributed by atoms with van der Waals surface area (Å²) in [6.07, 6.45) is 2.65. The van der Waals surface area contributed by atoms with Crippen molar-refractivity contribution in [2.75, 3.05) is 6.54 Å². The molecule has 2 aromatic carbocycles. The van der Waals surface area contributed by atoms with Crippen molar-refractivity contribution in [1.29, 1.82) is 0 Å². The maximum absolute atomic E-state index is 12.5. The van der Waals surface area contributed by atoms with E-state index >= 15 is 0 Å². The Labute approximate surface area is 137 Å². The number of hydrogen-bond acceptors (Lipinski definition) is 2. The van der Waals surface area contributed by atoms with Gasteiger partial charge in [0.05, 0.1) is 0 Å². The van der Waals surface area contributed by atoms with Crippen LogP contribution in [0.5, 0.6) is 5.75 Å². The first-order chi connectivity index (χ1) is 11.1. The molecule has 120 valence electrons. The van der Waals surface area contributed by atoms with Gasteiger partial charge in [-0.25, -0.2) is 0 Å². The molecule has 2 rings (SSSR count). The molecule has 1 amide bonds. The van der Waals surface area contributed by atoms with Crippen molar-refractivity contribution < 1.29 is 9.90 Å². The molecule has 0 aromatic heterocycles. The molecule has 0 atom stereocenters. The molecule has 0 aliphatic carbocycles. The monoisotopic (exact) mass is 309 g/mol. The van der Waals surface area contributed by atoms with Crippen LogP contribution in [0.2, 0.25) is 0 Å². The molecule has 23 heavy (non-hydrogen) atoms. The van der Waals surface area contributed by atoms with Crippen LogP contribution in [0.15, 0.2) is 61.2 Å². The van der Waals surface area contributed by atoms with Gasteiger partial charge in [0.2, 0.25) is 5.91 Å². The van der Waals surface area contributed by atoms with E-state index < -0.39 is 0 Å². The number of carbonyl (C=O) groups excluding carboxylic acids is 1. The van der Waals surface area contributed by atoms with Crippen LogP contribution < -0.4 is 0 Å². The zero-order valence-electron chi connectivity index (χ0n) is 13.5. The SMILES string of the molecule is C=CCN(Cc1ccccc1C)C(=O)CCc1ccccc1O. The van der Waals surface area contributed by atoms with Crippen molar-refractivity contribution in [3.63, 3.8) is 0 Å². The second kappa shape index (κ2) is 8.18. The van der Waals surface area contributed by atoms with Crippen LogP contribution in [0, 0.1) is 6.92 Å². The number of amides is 1. The third kappa shape index (κ3) is 4.71. The third-order valence-electron chi connectivity index (χ3n) is 3.92. The minimum absolute atomic E-state index is 0.0661. The average Bonchev–Trinajstić information content (AvgIpc) is 2.55. The Bertz CT molecular complexity index is 679. The molecule has 0 heterocycles. The van der Waals surface area contributed by atoms with Gasteiger partial charge in [0.15, 0.2) is 0 Å². The van der Waals surface area contributed by atoms with Gasteiger partial charge >= 0.3 is 0 Å². The summed E-state index contributed by atoms with van der Waals surface area (Å²) in [4.78, 5) is 14.3. The first kappa shape index (κ1) is 16.8. The molecule has 0 spiro atoms. The van der Waals surface area contributed by atoms with Crippen molar-refractivity contribution in [3.8, 4) is 5.75 Å². The number of rotatable bonds is 7. The molecule has 0 saturated heterocycles. The lowest BCUT2D eigenvalue weighted by Crippen LogP contribution is -2.31. The van der Waals surface area contributed by atoms with Gasteiger partial charge in [0.25, 0.3) is 0 Å². The molecule has 3 nitrogen and oxygen atoms in total. The molecular formula is C20H23NO2. The van der Waals surface area contributed by atoms with E-state index in [9.17, 15) is 9.90 Å².